The third-order valence-corrected chi connectivity index (χ3v) is 4.07. The van der Waals surface area contributed by atoms with Gasteiger partial charge in [-0.2, -0.15) is 0 Å². The van der Waals surface area contributed by atoms with Crippen molar-refractivity contribution in [1.82, 2.24) is 4.98 Å². The number of nitrogens with one attached hydrogen (secondary N) is 3. The lowest BCUT2D eigenvalue weighted by Crippen LogP contribution is -2.27. The molecule has 8 heteroatoms. The Labute approximate surface area is 173 Å². The van der Waals surface area contributed by atoms with Crippen LogP contribution in [-0.2, 0) is 9.53 Å². The van der Waals surface area contributed by atoms with Gasteiger partial charge in [0, 0.05) is 22.2 Å². The highest BCUT2D eigenvalue weighted by molar-refractivity contribution is 6.06. The average molecular weight is 408 g/mol. The minimum Gasteiger partial charge on any atom is -0.482 e. The third-order valence-electron chi connectivity index (χ3n) is 4.07. The summed E-state index contributed by atoms with van der Waals surface area (Å²) < 4.78 is 10.6. The van der Waals surface area contributed by atoms with Gasteiger partial charge in [0.25, 0.3) is 5.91 Å². The number of nitrogen functional groups attached to an aromatic ring is 1. The Balaban J connectivity index is 1.61. The number of aromatic amines is 1. The van der Waals surface area contributed by atoms with Gasteiger partial charge in [0.15, 0.2) is 6.61 Å². The van der Waals surface area contributed by atoms with E-state index in [-0.39, 0.29) is 18.3 Å². The Morgan fingerprint density at radius 1 is 1.10 bits per heavy atom. The van der Waals surface area contributed by atoms with Crippen LogP contribution in [0.1, 0.15) is 36.8 Å². The molecule has 8 nitrogen and oxygen atoms in total. The zero-order chi connectivity index (χ0) is 21.9. The van der Waals surface area contributed by atoms with Gasteiger partial charge in [-0.1, -0.05) is 12.1 Å². The molecule has 0 saturated heterocycles. The van der Waals surface area contributed by atoms with E-state index in [1.807, 2.05) is 0 Å². The first-order chi connectivity index (χ1) is 14.1. The van der Waals surface area contributed by atoms with Crippen molar-refractivity contribution in [2.45, 2.75) is 26.4 Å². The predicted octanol–water partition coefficient (Wildman–Crippen LogP) is 3.42. The zero-order valence-corrected chi connectivity index (χ0v) is 17.0. The first-order valence-corrected chi connectivity index (χ1v) is 9.34. The van der Waals surface area contributed by atoms with Crippen LogP contribution in [0, 0.1) is 5.41 Å². The highest BCUT2D eigenvalue weighted by atomic mass is 16.6. The number of ether oxygens (including phenoxy) is 2. The summed E-state index contributed by atoms with van der Waals surface area (Å²) in [4.78, 5) is 27.3. The number of hydrogen-bond acceptors (Lipinski definition) is 5. The van der Waals surface area contributed by atoms with Crippen molar-refractivity contribution in [3.63, 3.8) is 0 Å². The van der Waals surface area contributed by atoms with E-state index in [4.69, 9.17) is 20.6 Å². The number of aromatic nitrogens is 1. The summed E-state index contributed by atoms with van der Waals surface area (Å²) in [6, 6.07) is 13.7. The Bertz CT molecular complexity index is 1090. The lowest BCUT2D eigenvalue weighted by atomic mass is 10.1. The van der Waals surface area contributed by atoms with Crippen LogP contribution in [0.5, 0.6) is 5.75 Å². The molecule has 3 rings (SSSR count). The fourth-order valence-corrected chi connectivity index (χ4v) is 2.76. The van der Waals surface area contributed by atoms with Gasteiger partial charge in [-0.3, -0.25) is 10.2 Å². The summed E-state index contributed by atoms with van der Waals surface area (Å²) in [6.07, 6.45) is 0. The van der Waals surface area contributed by atoms with Gasteiger partial charge in [0.2, 0.25) is 0 Å². The number of benzene rings is 2. The molecule has 0 saturated carbocycles. The zero-order valence-electron chi connectivity index (χ0n) is 17.0. The molecular formula is C22H24N4O4. The van der Waals surface area contributed by atoms with E-state index >= 15 is 0 Å². The average Bonchev–Trinajstić information content (AvgIpc) is 3.09. The summed E-state index contributed by atoms with van der Waals surface area (Å²) in [6.45, 7) is 5.17. The number of hydrogen-bond donors (Lipinski definition) is 4. The minimum absolute atomic E-state index is 0.0357. The molecule has 0 aliphatic rings. The van der Waals surface area contributed by atoms with Crippen molar-refractivity contribution in [3.05, 3.63) is 59.8 Å². The normalized spacial score (nSPS) is 11.2. The highest BCUT2D eigenvalue weighted by Crippen LogP contribution is 2.20. The number of amidine groups is 1. The molecular weight excluding hydrogens is 384 g/mol. The van der Waals surface area contributed by atoms with Crippen LogP contribution in [0.4, 0.5) is 5.69 Å². The fraction of sp³-hybridized carbons (Fsp3) is 0.227. The molecule has 1 amide bonds. The molecule has 0 bridgehead atoms. The number of H-pyrrole nitrogens is 1. The maximum absolute atomic E-state index is 12.5. The van der Waals surface area contributed by atoms with Gasteiger partial charge in [-0.15, -0.1) is 0 Å². The molecule has 0 aliphatic heterocycles. The summed E-state index contributed by atoms with van der Waals surface area (Å²) in [5.74, 6) is -0.308. The van der Waals surface area contributed by atoms with Gasteiger partial charge in [0.05, 0.1) is 0 Å². The first kappa shape index (κ1) is 20.9. The SMILES string of the molecule is CC(C)(C)OC(=O)COc1ccc(NC(=O)c2cc3ccc(C(=N)N)cc3[nH]2)cc1. The number of anilines is 1. The van der Waals surface area contributed by atoms with E-state index in [2.05, 4.69) is 10.3 Å². The van der Waals surface area contributed by atoms with Crippen LogP contribution in [0.3, 0.4) is 0 Å². The molecule has 0 unspecified atom stereocenters. The molecule has 3 aromatic rings. The van der Waals surface area contributed by atoms with Crippen LogP contribution in [0.15, 0.2) is 48.5 Å². The van der Waals surface area contributed by atoms with Crippen molar-refractivity contribution < 1.29 is 19.1 Å². The smallest absolute Gasteiger partial charge is 0.344 e. The van der Waals surface area contributed by atoms with E-state index in [0.29, 0.717) is 22.7 Å². The largest absolute Gasteiger partial charge is 0.482 e. The monoisotopic (exact) mass is 408 g/mol. The Morgan fingerprint density at radius 2 is 1.80 bits per heavy atom. The number of rotatable bonds is 6. The summed E-state index contributed by atoms with van der Waals surface area (Å²) in [7, 11) is 0. The van der Waals surface area contributed by atoms with Gasteiger partial charge in [0.1, 0.15) is 22.9 Å². The van der Waals surface area contributed by atoms with E-state index in [0.717, 1.165) is 10.9 Å². The topological polar surface area (TPSA) is 130 Å². The molecule has 0 aliphatic carbocycles. The highest BCUT2D eigenvalue weighted by Gasteiger charge is 2.16. The maximum atomic E-state index is 12.5. The second-order valence-electron chi connectivity index (χ2n) is 7.75. The van der Waals surface area contributed by atoms with Crippen molar-refractivity contribution >= 4 is 34.3 Å². The molecule has 0 fully saturated rings. The third kappa shape index (κ3) is 5.38. The molecule has 5 N–H and O–H groups in total. The second-order valence-corrected chi connectivity index (χ2v) is 7.75. The summed E-state index contributed by atoms with van der Waals surface area (Å²) >= 11 is 0. The van der Waals surface area contributed by atoms with Crippen molar-refractivity contribution in [3.8, 4) is 5.75 Å². The maximum Gasteiger partial charge on any atom is 0.344 e. The summed E-state index contributed by atoms with van der Waals surface area (Å²) in [5, 5.41) is 11.1. The van der Waals surface area contributed by atoms with Crippen LogP contribution in [-0.4, -0.2) is 34.9 Å². The Kier molecular flexibility index (Phi) is 5.77. The van der Waals surface area contributed by atoms with Crippen molar-refractivity contribution in [2.24, 2.45) is 5.73 Å². The molecule has 1 heterocycles. The van der Waals surface area contributed by atoms with Crippen LogP contribution >= 0.6 is 0 Å². The molecule has 1 aromatic heterocycles. The molecule has 156 valence electrons. The number of carbonyl (C=O) groups excluding carboxylic acids is 2. The summed E-state index contributed by atoms with van der Waals surface area (Å²) in [5.41, 5.74) is 7.20. The van der Waals surface area contributed by atoms with E-state index in [1.165, 1.54) is 0 Å². The Hall–Kier alpha value is -3.81. The number of carbonyl (C=O) groups is 2. The van der Waals surface area contributed by atoms with Crippen molar-refractivity contribution in [1.29, 1.82) is 5.41 Å². The molecule has 0 spiro atoms. The lowest BCUT2D eigenvalue weighted by molar-refractivity contribution is -0.157. The molecule has 2 aromatic carbocycles. The van der Waals surface area contributed by atoms with Crippen LogP contribution < -0.4 is 15.8 Å². The molecule has 0 atom stereocenters. The quantitative estimate of drug-likeness (QED) is 0.282. The van der Waals surface area contributed by atoms with Crippen LogP contribution in [0.25, 0.3) is 10.9 Å². The van der Waals surface area contributed by atoms with E-state index in [1.54, 1.807) is 69.3 Å². The number of nitrogens with two attached hydrogens (primary N) is 1. The fourth-order valence-electron chi connectivity index (χ4n) is 2.76. The number of esters is 1. The molecule has 30 heavy (non-hydrogen) atoms. The Morgan fingerprint density at radius 3 is 2.43 bits per heavy atom. The first-order valence-electron chi connectivity index (χ1n) is 9.34. The van der Waals surface area contributed by atoms with Gasteiger partial charge >= 0.3 is 5.97 Å². The van der Waals surface area contributed by atoms with Gasteiger partial charge in [-0.05, 0) is 57.2 Å². The van der Waals surface area contributed by atoms with E-state index in [9.17, 15) is 9.59 Å². The van der Waals surface area contributed by atoms with E-state index < -0.39 is 11.6 Å². The van der Waals surface area contributed by atoms with Gasteiger partial charge in [-0.25, -0.2) is 4.79 Å². The second kappa shape index (κ2) is 8.28. The van der Waals surface area contributed by atoms with Crippen LogP contribution in [0.2, 0.25) is 0 Å². The lowest BCUT2D eigenvalue weighted by Gasteiger charge is -2.19. The predicted molar refractivity (Wildman–Crippen MR) is 115 cm³/mol. The standard InChI is InChI=1S/C22H24N4O4/c1-22(2,3)30-19(27)12-29-16-8-6-15(7-9-16)25-21(28)18-10-13-4-5-14(20(23)24)11-17(13)26-18/h4-11,26H,12H2,1-3H3,(H3,23,24)(H,25,28). The molecule has 0 radical (unpaired) electrons. The van der Waals surface area contributed by atoms with Crippen molar-refractivity contribution in [2.75, 3.05) is 11.9 Å². The number of fused-ring (bicyclic) bond motifs is 1. The minimum atomic E-state index is -0.565. The van der Waals surface area contributed by atoms with Gasteiger partial charge < -0.3 is 25.5 Å². The number of amides is 1.